The molecule has 0 aromatic heterocycles. The van der Waals surface area contributed by atoms with Crippen LogP contribution in [0.4, 0.5) is 0 Å². The molecule has 1 amide bonds. The van der Waals surface area contributed by atoms with Gasteiger partial charge in [0.25, 0.3) is 0 Å². The number of carbonyl (C=O) groups excluding carboxylic acids is 3. The number of ether oxygens (including phenoxy) is 1. The monoisotopic (exact) mass is 285 g/mol. The summed E-state index contributed by atoms with van der Waals surface area (Å²) in [5.74, 6) is -0.701. The molecule has 0 rings (SSSR count). The van der Waals surface area contributed by atoms with Crippen LogP contribution < -0.4 is 5.32 Å². The molecule has 1 N–H and O–H groups in total. The number of Topliss-reactive ketones (excluding diaryl/α,β-unsaturated/α-hetero) is 1. The average Bonchev–Trinajstić information content (AvgIpc) is 2.31. The zero-order valence-electron chi connectivity index (χ0n) is 13.4. The third-order valence-electron chi connectivity index (χ3n) is 2.86. The standard InChI is InChI=1S/C15H27NO4/c1-7-20-12(18)9-8-11(17)13(10(2)3)16-14(19)15(4,5)6/h10,13H,7-9H2,1-6H3,(H,16,19). The summed E-state index contributed by atoms with van der Waals surface area (Å²) in [7, 11) is 0. The van der Waals surface area contributed by atoms with Gasteiger partial charge in [-0.1, -0.05) is 34.6 Å². The highest BCUT2D eigenvalue weighted by molar-refractivity contribution is 5.92. The summed E-state index contributed by atoms with van der Waals surface area (Å²) in [5.41, 5.74) is -0.547. The molecule has 5 heteroatoms. The second-order valence-corrected chi connectivity index (χ2v) is 6.22. The third kappa shape index (κ3) is 6.68. The van der Waals surface area contributed by atoms with E-state index in [1.165, 1.54) is 0 Å². The van der Waals surface area contributed by atoms with Crippen LogP contribution in [0.3, 0.4) is 0 Å². The molecule has 0 radical (unpaired) electrons. The van der Waals surface area contributed by atoms with Crippen molar-refractivity contribution in [3.8, 4) is 0 Å². The Morgan fingerprint density at radius 1 is 1.10 bits per heavy atom. The SMILES string of the molecule is CCOC(=O)CCC(=O)C(NC(=O)C(C)(C)C)C(C)C. The summed E-state index contributed by atoms with van der Waals surface area (Å²) in [6.45, 7) is 11.2. The number of nitrogens with one attached hydrogen (secondary N) is 1. The Labute approximate surface area is 121 Å². The van der Waals surface area contributed by atoms with Crippen molar-refractivity contribution in [2.24, 2.45) is 11.3 Å². The van der Waals surface area contributed by atoms with Crippen LogP contribution in [0.2, 0.25) is 0 Å². The van der Waals surface area contributed by atoms with Crippen LogP contribution in [0, 0.1) is 11.3 Å². The predicted octanol–water partition coefficient (Wildman–Crippen LogP) is 2.09. The number of ketones is 1. The van der Waals surface area contributed by atoms with E-state index in [1.807, 2.05) is 13.8 Å². The van der Waals surface area contributed by atoms with Gasteiger partial charge in [0.2, 0.25) is 5.91 Å². The molecule has 0 aliphatic carbocycles. The van der Waals surface area contributed by atoms with E-state index in [2.05, 4.69) is 5.32 Å². The fraction of sp³-hybridized carbons (Fsp3) is 0.800. The first-order valence-corrected chi connectivity index (χ1v) is 7.08. The lowest BCUT2D eigenvalue weighted by Crippen LogP contribution is -2.48. The van der Waals surface area contributed by atoms with Crippen molar-refractivity contribution in [1.82, 2.24) is 5.32 Å². The van der Waals surface area contributed by atoms with E-state index in [9.17, 15) is 14.4 Å². The zero-order chi connectivity index (χ0) is 15.9. The number of hydrogen-bond donors (Lipinski definition) is 1. The maximum atomic E-state index is 12.1. The summed E-state index contributed by atoms with van der Waals surface area (Å²) in [6.07, 6.45) is 0.146. The fourth-order valence-electron chi connectivity index (χ4n) is 1.59. The Hall–Kier alpha value is -1.39. The Bertz CT molecular complexity index is 355. The molecule has 0 aromatic carbocycles. The Morgan fingerprint density at radius 3 is 2.05 bits per heavy atom. The number of carbonyl (C=O) groups is 3. The highest BCUT2D eigenvalue weighted by Crippen LogP contribution is 2.15. The molecule has 0 aromatic rings. The second-order valence-electron chi connectivity index (χ2n) is 6.22. The van der Waals surface area contributed by atoms with Gasteiger partial charge in [-0.2, -0.15) is 0 Å². The minimum atomic E-state index is -0.559. The molecule has 0 bridgehead atoms. The van der Waals surface area contributed by atoms with Crippen LogP contribution in [0.25, 0.3) is 0 Å². The van der Waals surface area contributed by atoms with Gasteiger partial charge in [-0.25, -0.2) is 0 Å². The lowest BCUT2D eigenvalue weighted by atomic mass is 9.92. The van der Waals surface area contributed by atoms with Gasteiger partial charge in [-0.15, -0.1) is 0 Å². The van der Waals surface area contributed by atoms with Gasteiger partial charge in [-0.05, 0) is 12.8 Å². The summed E-state index contributed by atoms with van der Waals surface area (Å²) in [5, 5.41) is 2.77. The molecule has 0 aliphatic rings. The van der Waals surface area contributed by atoms with E-state index in [0.717, 1.165) is 0 Å². The third-order valence-corrected chi connectivity index (χ3v) is 2.86. The van der Waals surface area contributed by atoms with Gasteiger partial charge in [-0.3, -0.25) is 14.4 Å². The van der Waals surface area contributed by atoms with Crippen molar-refractivity contribution in [3.63, 3.8) is 0 Å². The number of amides is 1. The maximum absolute atomic E-state index is 12.1. The van der Waals surface area contributed by atoms with Crippen LogP contribution in [0.5, 0.6) is 0 Å². The molecule has 0 saturated carbocycles. The summed E-state index contributed by atoms with van der Waals surface area (Å²) in [6, 6.07) is -0.559. The van der Waals surface area contributed by atoms with Gasteiger partial charge in [0.05, 0.1) is 19.1 Å². The molecule has 0 fully saturated rings. The van der Waals surface area contributed by atoms with Crippen molar-refractivity contribution in [2.75, 3.05) is 6.61 Å². The molecule has 5 nitrogen and oxygen atoms in total. The van der Waals surface area contributed by atoms with Crippen molar-refractivity contribution in [2.45, 2.75) is 60.4 Å². The van der Waals surface area contributed by atoms with Gasteiger partial charge >= 0.3 is 5.97 Å². The van der Waals surface area contributed by atoms with Crippen molar-refractivity contribution < 1.29 is 19.1 Å². The molecule has 0 heterocycles. The Balaban J connectivity index is 4.57. The first-order chi connectivity index (χ1) is 9.09. The number of esters is 1. The number of hydrogen-bond acceptors (Lipinski definition) is 4. The van der Waals surface area contributed by atoms with E-state index in [4.69, 9.17) is 4.74 Å². The maximum Gasteiger partial charge on any atom is 0.306 e. The van der Waals surface area contributed by atoms with Crippen LogP contribution >= 0.6 is 0 Å². The topological polar surface area (TPSA) is 72.5 Å². The van der Waals surface area contributed by atoms with Crippen LogP contribution in [-0.2, 0) is 19.1 Å². The lowest BCUT2D eigenvalue weighted by molar-refractivity contribution is -0.144. The molecule has 0 spiro atoms. The first-order valence-electron chi connectivity index (χ1n) is 7.08. The quantitative estimate of drug-likeness (QED) is 0.727. The van der Waals surface area contributed by atoms with Gasteiger partial charge in [0, 0.05) is 11.8 Å². The summed E-state index contributed by atoms with van der Waals surface area (Å²) < 4.78 is 4.79. The molecule has 116 valence electrons. The Morgan fingerprint density at radius 2 is 1.65 bits per heavy atom. The van der Waals surface area contributed by atoms with Gasteiger partial charge in [0.1, 0.15) is 0 Å². The van der Waals surface area contributed by atoms with Crippen LogP contribution in [-0.4, -0.2) is 30.3 Å². The highest BCUT2D eigenvalue weighted by Gasteiger charge is 2.29. The van der Waals surface area contributed by atoms with Gasteiger partial charge < -0.3 is 10.1 Å². The molecular weight excluding hydrogens is 258 g/mol. The minimum absolute atomic E-state index is 0.0176. The first kappa shape index (κ1) is 18.6. The molecule has 0 aliphatic heterocycles. The predicted molar refractivity (Wildman–Crippen MR) is 77.1 cm³/mol. The highest BCUT2D eigenvalue weighted by atomic mass is 16.5. The average molecular weight is 285 g/mol. The number of rotatable bonds is 7. The Kier molecular flexibility index (Phi) is 7.46. The van der Waals surface area contributed by atoms with Crippen molar-refractivity contribution in [3.05, 3.63) is 0 Å². The van der Waals surface area contributed by atoms with E-state index < -0.39 is 11.5 Å². The van der Waals surface area contributed by atoms with E-state index in [1.54, 1.807) is 27.7 Å². The smallest absolute Gasteiger partial charge is 0.306 e. The summed E-state index contributed by atoms with van der Waals surface area (Å²) >= 11 is 0. The largest absolute Gasteiger partial charge is 0.466 e. The minimum Gasteiger partial charge on any atom is -0.466 e. The van der Waals surface area contributed by atoms with Crippen LogP contribution in [0.1, 0.15) is 54.4 Å². The molecule has 20 heavy (non-hydrogen) atoms. The van der Waals surface area contributed by atoms with Gasteiger partial charge in [0.15, 0.2) is 5.78 Å². The van der Waals surface area contributed by atoms with Crippen LogP contribution in [0.15, 0.2) is 0 Å². The molecule has 1 atom stereocenters. The van der Waals surface area contributed by atoms with E-state index in [0.29, 0.717) is 6.61 Å². The summed E-state index contributed by atoms with van der Waals surface area (Å²) in [4.78, 5) is 35.4. The molecular formula is C15H27NO4. The normalized spacial score (nSPS) is 12.9. The molecule has 0 saturated heterocycles. The fourth-order valence-corrected chi connectivity index (χ4v) is 1.59. The lowest BCUT2D eigenvalue weighted by Gasteiger charge is -2.26. The zero-order valence-corrected chi connectivity index (χ0v) is 13.4. The van der Waals surface area contributed by atoms with Crippen molar-refractivity contribution in [1.29, 1.82) is 0 Å². The second kappa shape index (κ2) is 8.02. The van der Waals surface area contributed by atoms with Crippen molar-refractivity contribution >= 4 is 17.7 Å². The van der Waals surface area contributed by atoms with E-state index in [-0.39, 0.29) is 36.4 Å². The van der Waals surface area contributed by atoms with E-state index >= 15 is 0 Å². The molecule has 1 unspecified atom stereocenters.